The Morgan fingerprint density at radius 3 is 2.65 bits per heavy atom. The van der Waals surface area contributed by atoms with E-state index in [9.17, 15) is 0 Å². The molecule has 0 spiro atoms. The molecule has 1 aliphatic rings. The molecule has 1 aromatic rings. The van der Waals surface area contributed by atoms with Gasteiger partial charge in [-0.2, -0.15) is 0 Å². The lowest BCUT2D eigenvalue weighted by Crippen LogP contribution is -2.37. The molecule has 1 unspecified atom stereocenters. The van der Waals surface area contributed by atoms with Gasteiger partial charge in [0.15, 0.2) is 11.5 Å². The van der Waals surface area contributed by atoms with Gasteiger partial charge in [-0.25, -0.2) is 0 Å². The van der Waals surface area contributed by atoms with Crippen molar-refractivity contribution in [1.82, 2.24) is 5.32 Å². The first-order valence-corrected chi connectivity index (χ1v) is 7.81. The third-order valence-corrected chi connectivity index (χ3v) is 3.90. The molecule has 0 heterocycles. The first-order valence-electron chi connectivity index (χ1n) is 7.81. The highest BCUT2D eigenvalue weighted by Gasteiger charge is 2.31. The van der Waals surface area contributed by atoms with Gasteiger partial charge in [0.2, 0.25) is 0 Å². The summed E-state index contributed by atoms with van der Waals surface area (Å²) in [7, 11) is 1.70. The number of rotatable bonds is 9. The lowest BCUT2D eigenvalue weighted by atomic mass is 10.1. The van der Waals surface area contributed by atoms with Crippen LogP contribution in [0.1, 0.15) is 38.7 Å². The number of methoxy groups -OCH3 is 1. The van der Waals surface area contributed by atoms with E-state index in [0.717, 1.165) is 43.4 Å². The van der Waals surface area contributed by atoms with Crippen molar-refractivity contribution < 1.29 is 9.47 Å². The fourth-order valence-corrected chi connectivity index (χ4v) is 2.42. The van der Waals surface area contributed by atoms with Crippen molar-refractivity contribution in [3.05, 3.63) is 23.8 Å². The molecule has 3 heteroatoms. The Labute approximate surface area is 122 Å². The van der Waals surface area contributed by atoms with Crippen molar-refractivity contribution in [3.8, 4) is 11.5 Å². The van der Waals surface area contributed by atoms with Gasteiger partial charge in [0.1, 0.15) is 6.61 Å². The molecule has 0 aliphatic heterocycles. The molecule has 3 nitrogen and oxygen atoms in total. The summed E-state index contributed by atoms with van der Waals surface area (Å²) in [4.78, 5) is 0. The second kappa shape index (κ2) is 7.53. The highest BCUT2D eigenvalue weighted by Crippen LogP contribution is 2.34. The predicted octanol–water partition coefficient (Wildman–Crippen LogP) is 3.41. The monoisotopic (exact) mass is 277 g/mol. The van der Waals surface area contributed by atoms with E-state index >= 15 is 0 Å². The number of hydrogen-bond donors (Lipinski definition) is 1. The summed E-state index contributed by atoms with van der Waals surface area (Å²) in [5.41, 5.74) is 1.28. The average Bonchev–Trinajstić information content (AvgIpc) is 3.32. The quantitative estimate of drug-likeness (QED) is 0.750. The average molecular weight is 277 g/mol. The molecule has 2 rings (SSSR count). The zero-order valence-electron chi connectivity index (χ0n) is 12.9. The van der Waals surface area contributed by atoms with Crippen LogP contribution in [-0.4, -0.2) is 26.3 Å². The van der Waals surface area contributed by atoms with E-state index in [1.807, 2.05) is 6.07 Å². The molecule has 1 N–H and O–H groups in total. The third-order valence-electron chi connectivity index (χ3n) is 3.90. The minimum Gasteiger partial charge on any atom is -0.493 e. The lowest BCUT2D eigenvalue weighted by molar-refractivity contribution is 0.239. The summed E-state index contributed by atoms with van der Waals surface area (Å²) in [5.74, 6) is 2.49. The molecule has 112 valence electrons. The van der Waals surface area contributed by atoms with Crippen LogP contribution in [-0.2, 0) is 6.42 Å². The standard InChI is InChI=1S/C17H27NO2/c1-4-10-18-15(14-7-8-14)12-20-16-9-6-13(5-2)11-17(16)19-3/h6,9,11,14-15,18H,4-5,7-8,10,12H2,1-3H3. The smallest absolute Gasteiger partial charge is 0.161 e. The first kappa shape index (κ1) is 15.2. The molecule has 0 bridgehead atoms. The molecule has 0 amide bonds. The maximum Gasteiger partial charge on any atom is 0.161 e. The van der Waals surface area contributed by atoms with Gasteiger partial charge in [0.05, 0.1) is 7.11 Å². The van der Waals surface area contributed by atoms with Crippen molar-refractivity contribution in [2.45, 2.75) is 45.6 Å². The Kier molecular flexibility index (Phi) is 5.72. The number of ether oxygens (including phenoxy) is 2. The first-order chi connectivity index (χ1) is 9.78. The Bertz CT molecular complexity index is 415. The summed E-state index contributed by atoms with van der Waals surface area (Å²) in [6, 6.07) is 6.69. The van der Waals surface area contributed by atoms with Gasteiger partial charge in [-0.1, -0.05) is 19.9 Å². The second-order valence-electron chi connectivity index (χ2n) is 5.55. The summed E-state index contributed by atoms with van der Waals surface area (Å²) >= 11 is 0. The van der Waals surface area contributed by atoms with Gasteiger partial charge in [0.25, 0.3) is 0 Å². The zero-order valence-corrected chi connectivity index (χ0v) is 12.9. The summed E-state index contributed by atoms with van der Waals surface area (Å²) in [6.45, 7) is 6.14. The highest BCUT2D eigenvalue weighted by atomic mass is 16.5. The van der Waals surface area contributed by atoms with Crippen LogP contribution in [0.15, 0.2) is 18.2 Å². The molecule has 0 saturated heterocycles. The van der Waals surface area contributed by atoms with E-state index in [2.05, 4.69) is 31.3 Å². The minimum atomic E-state index is 0.477. The van der Waals surface area contributed by atoms with E-state index < -0.39 is 0 Å². The fraction of sp³-hybridized carbons (Fsp3) is 0.647. The van der Waals surface area contributed by atoms with Gasteiger partial charge in [0, 0.05) is 6.04 Å². The summed E-state index contributed by atoms with van der Waals surface area (Å²) in [5, 5.41) is 3.60. The maximum absolute atomic E-state index is 6.00. The molecular formula is C17H27NO2. The van der Waals surface area contributed by atoms with Crippen LogP contribution in [0.25, 0.3) is 0 Å². The normalized spacial score (nSPS) is 15.9. The van der Waals surface area contributed by atoms with Gasteiger partial charge in [-0.3, -0.25) is 0 Å². The van der Waals surface area contributed by atoms with Crippen LogP contribution in [0.2, 0.25) is 0 Å². The van der Waals surface area contributed by atoms with Crippen molar-refractivity contribution in [2.75, 3.05) is 20.3 Å². The van der Waals surface area contributed by atoms with E-state index in [4.69, 9.17) is 9.47 Å². The molecular weight excluding hydrogens is 250 g/mol. The van der Waals surface area contributed by atoms with Crippen molar-refractivity contribution in [3.63, 3.8) is 0 Å². The number of aryl methyl sites for hydroxylation is 1. The molecule has 1 fully saturated rings. The second-order valence-corrected chi connectivity index (χ2v) is 5.55. The number of benzene rings is 1. The Hall–Kier alpha value is -1.22. The molecule has 0 aromatic heterocycles. The SMILES string of the molecule is CCCNC(COc1ccc(CC)cc1OC)C1CC1. The van der Waals surface area contributed by atoms with Crippen LogP contribution in [0, 0.1) is 5.92 Å². The third kappa shape index (κ3) is 4.14. The molecule has 1 aliphatic carbocycles. The van der Waals surface area contributed by atoms with Crippen LogP contribution >= 0.6 is 0 Å². The van der Waals surface area contributed by atoms with Gasteiger partial charge in [-0.05, 0) is 55.8 Å². The predicted molar refractivity (Wildman–Crippen MR) is 82.7 cm³/mol. The molecule has 20 heavy (non-hydrogen) atoms. The van der Waals surface area contributed by atoms with Crippen molar-refractivity contribution in [2.24, 2.45) is 5.92 Å². The van der Waals surface area contributed by atoms with E-state index in [-0.39, 0.29) is 0 Å². The zero-order chi connectivity index (χ0) is 14.4. The molecule has 0 radical (unpaired) electrons. The van der Waals surface area contributed by atoms with E-state index in [0.29, 0.717) is 6.04 Å². The fourth-order valence-electron chi connectivity index (χ4n) is 2.42. The molecule has 1 atom stereocenters. The minimum absolute atomic E-state index is 0.477. The van der Waals surface area contributed by atoms with Crippen LogP contribution in [0.5, 0.6) is 11.5 Å². The van der Waals surface area contributed by atoms with Crippen LogP contribution in [0.4, 0.5) is 0 Å². The van der Waals surface area contributed by atoms with E-state index in [1.54, 1.807) is 7.11 Å². The summed E-state index contributed by atoms with van der Waals surface area (Å²) in [6.07, 6.45) is 4.84. The van der Waals surface area contributed by atoms with Crippen LogP contribution in [0.3, 0.4) is 0 Å². The van der Waals surface area contributed by atoms with Gasteiger partial charge >= 0.3 is 0 Å². The molecule has 1 aromatic carbocycles. The van der Waals surface area contributed by atoms with Crippen molar-refractivity contribution >= 4 is 0 Å². The number of nitrogens with one attached hydrogen (secondary N) is 1. The van der Waals surface area contributed by atoms with Crippen molar-refractivity contribution in [1.29, 1.82) is 0 Å². The van der Waals surface area contributed by atoms with Gasteiger partial charge < -0.3 is 14.8 Å². The topological polar surface area (TPSA) is 30.5 Å². The molecule has 1 saturated carbocycles. The Balaban J connectivity index is 1.94. The Morgan fingerprint density at radius 1 is 1.25 bits per heavy atom. The largest absolute Gasteiger partial charge is 0.493 e. The lowest BCUT2D eigenvalue weighted by Gasteiger charge is -2.19. The van der Waals surface area contributed by atoms with Gasteiger partial charge in [-0.15, -0.1) is 0 Å². The number of hydrogen-bond acceptors (Lipinski definition) is 3. The summed E-state index contributed by atoms with van der Waals surface area (Å²) < 4.78 is 11.4. The van der Waals surface area contributed by atoms with Crippen LogP contribution < -0.4 is 14.8 Å². The Morgan fingerprint density at radius 2 is 2.05 bits per heavy atom. The van der Waals surface area contributed by atoms with E-state index in [1.165, 1.54) is 18.4 Å². The maximum atomic E-state index is 6.00. The highest BCUT2D eigenvalue weighted by molar-refractivity contribution is 5.43.